The van der Waals surface area contributed by atoms with Crippen LogP contribution in [0, 0.1) is 6.92 Å². The lowest BCUT2D eigenvalue weighted by atomic mass is 10.2. The van der Waals surface area contributed by atoms with Crippen molar-refractivity contribution in [3.63, 3.8) is 0 Å². The van der Waals surface area contributed by atoms with Gasteiger partial charge in [-0.1, -0.05) is 35.3 Å². The highest BCUT2D eigenvalue weighted by molar-refractivity contribution is 6.31. The van der Waals surface area contributed by atoms with Gasteiger partial charge in [0.2, 0.25) is 5.91 Å². The van der Waals surface area contributed by atoms with Crippen molar-refractivity contribution >= 4 is 35.2 Å². The maximum atomic E-state index is 12.1. The number of amides is 1. The fourth-order valence-electron chi connectivity index (χ4n) is 2.15. The second kappa shape index (κ2) is 7.86. The zero-order chi connectivity index (χ0) is 17.9. The van der Waals surface area contributed by atoms with E-state index in [2.05, 4.69) is 5.10 Å². The molecule has 1 amide bonds. The fraction of sp³-hybridized carbons (Fsp3) is 0.333. The van der Waals surface area contributed by atoms with E-state index in [1.807, 2.05) is 45.0 Å². The van der Waals surface area contributed by atoms with E-state index in [-0.39, 0.29) is 11.9 Å². The first kappa shape index (κ1) is 18.6. The van der Waals surface area contributed by atoms with Crippen LogP contribution in [0.1, 0.15) is 30.7 Å². The van der Waals surface area contributed by atoms with Crippen molar-refractivity contribution in [1.29, 1.82) is 0 Å². The monoisotopic (exact) mass is 365 g/mol. The van der Waals surface area contributed by atoms with E-state index in [9.17, 15) is 4.79 Å². The van der Waals surface area contributed by atoms with Gasteiger partial charge < -0.3 is 4.90 Å². The number of hydrogen-bond donors (Lipinski definition) is 0. The van der Waals surface area contributed by atoms with Crippen molar-refractivity contribution in [2.75, 3.05) is 7.05 Å². The van der Waals surface area contributed by atoms with Gasteiger partial charge in [0.25, 0.3) is 0 Å². The summed E-state index contributed by atoms with van der Waals surface area (Å²) < 4.78 is 1.72. The molecule has 0 aliphatic carbocycles. The van der Waals surface area contributed by atoms with Crippen LogP contribution in [0.25, 0.3) is 6.08 Å². The summed E-state index contributed by atoms with van der Waals surface area (Å²) in [5.41, 5.74) is 2.59. The van der Waals surface area contributed by atoms with Crippen molar-refractivity contribution in [3.05, 3.63) is 57.3 Å². The second-order valence-corrected chi connectivity index (χ2v) is 6.74. The maximum Gasteiger partial charge on any atom is 0.246 e. The minimum Gasteiger partial charge on any atom is -0.340 e. The van der Waals surface area contributed by atoms with Crippen LogP contribution < -0.4 is 0 Å². The number of rotatable bonds is 5. The molecule has 0 aliphatic heterocycles. The molecule has 0 spiro atoms. The smallest absolute Gasteiger partial charge is 0.246 e. The third kappa shape index (κ3) is 4.40. The zero-order valence-corrected chi connectivity index (χ0v) is 15.8. The number of halogens is 2. The number of benzene rings is 1. The molecule has 128 valence electrons. The van der Waals surface area contributed by atoms with Crippen molar-refractivity contribution in [2.24, 2.45) is 0 Å². The Balaban J connectivity index is 2.19. The molecule has 0 aliphatic rings. The molecule has 0 radical (unpaired) electrons. The largest absolute Gasteiger partial charge is 0.340 e. The van der Waals surface area contributed by atoms with Gasteiger partial charge in [-0.2, -0.15) is 5.10 Å². The second-order valence-electron chi connectivity index (χ2n) is 5.95. The quantitative estimate of drug-likeness (QED) is 0.735. The Morgan fingerprint density at radius 2 is 1.92 bits per heavy atom. The lowest BCUT2D eigenvalue weighted by Crippen LogP contribution is -2.31. The van der Waals surface area contributed by atoms with Crippen molar-refractivity contribution < 1.29 is 4.79 Å². The molecule has 0 unspecified atom stereocenters. The normalized spacial score (nSPS) is 11.5. The van der Waals surface area contributed by atoms with Crippen LogP contribution in [-0.4, -0.2) is 33.7 Å². The van der Waals surface area contributed by atoms with E-state index in [1.165, 1.54) is 6.08 Å². The first-order valence-electron chi connectivity index (χ1n) is 7.71. The third-order valence-corrected chi connectivity index (χ3v) is 4.52. The van der Waals surface area contributed by atoms with Gasteiger partial charge in [0, 0.05) is 29.8 Å². The van der Waals surface area contributed by atoms with E-state index >= 15 is 0 Å². The van der Waals surface area contributed by atoms with Gasteiger partial charge in [0.1, 0.15) is 5.15 Å². The van der Waals surface area contributed by atoms with Crippen LogP contribution in [0.2, 0.25) is 10.2 Å². The van der Waals surface area contributed by atoms with Crippen LogP contribution in [0.15, 0.2) is 30.3 Å². The minimum absolute atomic E-state index is 0.0640. The summed E-state index contributed by atoms with van der Waals surface area (Å²) in [6.45, 7) is 6.35. The van der Waals surface area contributed by atoms with E-state index in [4.69, 9.17) is 23.2 Å². The number of nitrogens with zero attached hydrogens (tertiary/aromatic N) is 3. The van der Waals surface area contributed by atoms with Gasteiger partial charge in [0.05, 0.1) is 12.2 Å². The van der Waals surface area contributed by atoms with E-state index in [1.54, 1.807) is 22.7 Å². The summed E-state index contributed by atoms with van der Waals surface area (Å²) in [7, 11) is 1.77. The number of hydrogen-bond acceptors (Lipinski definition) is 2. The third-order valence-electron chi connectivity index (χ3n) is 3.87. The van der Waals surface area contributed by atoms with Crippen molar-refractivity contribution in [3.8, 4) is 0 Å². The highest BCUT2D eigenvalue weighted by Gasteiger charge is 2.13. The van der Waals surface area contributed by atoms with Gasteiger partial charge in [-0.15, -0.1) is 0 Å². The number of carbonyl (C=O) groups is 1. The molecule has 0 atom stereocenters. The van der Waals surface area contributed by atoms with Crippen LogP contribution in [0.4, 0.5) is 0 Å². The topological polar surface area (TPSA) is 38.1 Å². The molecular weight excluding hydrogens is 345 g/mol. The lowest BCUT2D eigenvalue weighted by molar-refractivity contribution is -0.126. The first-order valence-corrected chi connectivity index (χ1v) is 8.47. The molecule has 0 N–H and O–H groups in total. The highest BCUT2D eigenvalue weighted by Crippen LogP contribution is 2.23. The summed E-state index contributed by atoms with van der Waals surface area (Å²) in [5.74, 6) is -0.0640. The molecule has 2 rings (SSSR count). The van der Waals surface area contributed by atoms with Crippen molar-refractivity contribution in [1.82, 2.24) is 14.7 Å². The predicted octanol–water partition coefficient (Wildman–Crippen LogP) is 4.43. The molecule has 2 aromatic rings. The summed E-state index contributed by atoms with van der Waals surface area (Å²) in [4.78, 5) is 13.7. The molecule has 24 heavy (non-hydrogen) atoms. The molecule has 1 heterocycles. The molecule has 0 saturated heterocycles. The van der Waals surface area contributed by atoms with Gasteiger partial charge >= 0.3 is 0 Å². The Kier molecular flexibility index (Phi) is 6.08. The standard InChI is InChI=1S/C18H21Cl2N3O/c1-12(2)22(4)17(24)10-9-16-13(3)21-23(18(16)20)11-14-5-7-15(19)8-6-14/h5-10,12H,11H2,1-4H3. The fourth-order valence-corrected chi connectivity index (χ4v) is 2.57. The Hall–Kier alpha value is -1.78. The van der Waals surface area contributed by atoms with E-state index in [0.717, 1.165) is 16.8 Å². The van der Waals surface area contributed by atoms with Crippen LogP contribution in [0.3, 0.4) is 0 Å². The lowest BCUT2D eigenvalue weighted by Gasteiger charge is -2.19. The minimum atomic E-state index is -0.0640. The van der Waals surface area contributed by atoms with E-state index < -0.39 is 0 Å². The SMILES string of the molecule is Cc1nn(Cc2ccc(Cl)cc2)c(Cl)c1C=CC(=O)N(C)C(C)C. The Morgan fingerprint density at radius 1 is 1.29 bits per heavy atom. The summed E-state index contributed by atoms with van der Waals surface area (Å²) in [5, 5.41) is 5.67. The van der Waals surface area contributed by atoms with Gasteiger partial charge in [-0.3, -0.25) is 4.79 Å². The Bertz CT molecular complexity index is 748. The van der Waals surface area contributed by atoms with Crippen LogP contribution in [-0.2, 0) is 11.3 Å². The summed E-state index contributed by atoms with van der Waals surface area (Å²) in [6, 6.07) is 7.69. The van der Waals surface area contributed by atoms with Crippen LogP contribution >= 0.6 is 23.2 Å². The summed E-state index contributed by atoms with van der Waals surface area (Å²) >= 11 is 12.3. The zero-order valence-electron chi connectivity index (χ0n) is 14.3. The average molecular weight is 366 g/mol. The first-order chi connectivity index (χ1) is 11.3. The molecular formula is C18H21Cl2N3O. The number of aromatic nitrogens is 2. The number of likely N-dealkylation sites (N-methyl/N-ethyl adjacent to an activating group) is 1. The van der Waals surface area contributed by atoms with Crippen LogP contribution in [0.5, 0.6) is 0 Å². The van der Waals surface area contributed by atoms with Gasteiger partial charge in [-0.05, 0) is 44.5 Å². The highest BCUT2D eigenvalue weighted by atomic mass is 35.5. The molecule has 1 aromatic heterocycles. The molecule has 4 nitrogen and oxygen atoms in total. The Labute approximate surface area is 152 Å². The molecule has 1 aromatic carbocycles. The maximum absolute atomic E-state index is 12.1. The van der Waals surface area contributed by atoms with E-state index in [0.29, 0.717) is 16.7 Å². The average Bonchev–Trinajstić information content (AvgIpc) is 2.80. The van der Waals surface area contributed by atoms with Gasteiger partial charge in [-0.25, -0.2) is 4.68 Å². The van der Waals surface area contributed by atoms with Gasteiger partial charge in [0.15, 0.2) is 0 Å². The Morgan fingerprint density at radius 3 is 2.50 bits per heavy atom. The molecule has 0 saturated carbocycles. The number of aryl methyl sites for hydroxylation is 1. The predicted molar refractivity (Wildman–Crippen MR) is 99.5 cm³/mol. The molecule has 0 fully saturated rings. The summed E-state index contributed by atoms with van der Waals surface area (Å²) in [6.07, 6.45) is 3.26. The molecule has 6 heteroatoms. The number of carbonyl (C=O) groups excluding carboxylic acids is 1. The van der Waals surface area contributed by atoms with Crippen molar-refractivity contribution in [2.45, 2.75) is 33.4 Å². The molecule has 0 bridgehead atoms.